The number of aromatic amines is 1. The fourth-order valence-corrected chi connectivity index (χ4v) is 2.74. The fourth-order valence-electron chi connectivity index (χ4n) is 2.43. The molecule has 0 saturated carbocycles. The van der Waals surface area contributed by atoms with Crippen molar-refractivity contribution in [2.24, 2.45) is 0 Å². The van der Waals surface area contributed by atoms with Crippen molar-refractivity contribution in [2.45, 2.75) is 6.54 Å². The van der Waals surface area contributed by atoms with Crippen LogP contribution in [0.4, 0.5) is 0 Å². The molecule has 0 fully saturated rings. The number of H-pyrrole nitrogens is 1. The van der Waals surface area contributed by atoms with E-state index >= 15 is 0 Å². The molecule has 2 N–H and O–H groups in total. The largest absolute Gasteiger partial charge is 0.497 e. The highest BCUT2D eigenvalue weighted by Crippen LogP contribution is 2.27. The molecule has 0 spiro atoms. The van der Waals surface area contributed by atoms with Gasteiger partial charge in [0, 0.05) is 17.5 Å². The fraction of sp³-hybridized carbons (Fsp3) is 0.125. The molecule has 7 nitrogen and oxygen atoms in total. The van der Waals surface area contributed by atoms with E-state index in [9.17, 15) is 13.2 Å². The van der Waals surface area contributed by atoms with Crippen molar-refractivity contribution >= 4 is 34.1 Å². The van der Waals surface area contributed by atoms with Crippen LogP contribution in [0.5, 0.6) is 5.75 Å². The van der Waals surface area contributed by atoms with Crippen molar-refractivity contribution in [1.29, 1.82) is 0 Å². The SMILES string of the molecule is COc1ccc2c(=O)[nH]nc(-c3ccc(CN[SH](=O)=O)cc3)c2c1.Cl. The van der Waals surface area contributed by atoms with Crippen molar-refractivity contribution in [3.05, 3.63) is 58.4 Å². The number of hydrogen-bond acceptors (Lipinski definition) is 5. The Morgan fingerprint density at radius 1 is 1.12 bits per heavy atom. The van der Waals surface area contributed by atoms with Crippen LogP contribution in [0.15, 0.2) is 47.3 Å². The first-order valence-corrected chi connectivity index (χ1v) is 8.30. The second-order valence-electron chi connectivity index (χ2n) is 5.10. The summed E-state index contributed by atoms with van der Waals surface area (Å²) in [6, 6.07) is 12.5. The van der Waals surface area contributed by atoms with E-state index in [0.29, 0.717) is 22.2 Å². The smallest absolute Gasteiger partial charge is 0.272 e. The van der Waals surface area contributed by atoms with Gasteiger partial charge in [-0.3, -0.25) is 4.79 Å². The summed E-state index contributed by atoms with van der Waals surface area (Å²) in [4.78, 5) is 11.9. The molecule has 0 bridgehead atoms. The van der Waals surface area contributed by atoms with Crippen molar-refractivity contribution in [2.75, 3.05) is 7.11 Å². The number of halogens is 1. The minimum Gasteiger partial charge on any atom is -0.497 e. The van der Waals surface area contributed by atoms with Crippen LogP contribution in [0.2, 0.25) is 0 Å². The van der Waals surface area contributed by atoms with Gasteiger partial charge in [0.1, 0.15) is 5.75 Å². The minimum atomic E-state index is -2.62. The van der Waals surface area contributed by atoms with Crippen LogP contribution in [0.3, 0.4) is 0 Å². The summed E-state index contributed by atoms with van der Waals surface area (Å²) in [5.74, 6) is 0.635. The van der Waals surface area contributed by atoms with Gasteiger partial charge in [0.15, 0.2) is 0 Å². The van der Waals surface area contributed by atoms with Crippen LogP contribution in [-0.4, -0.2) is 25.7 Å². The van der Waals surface area contributed by atoms with Gasteiger partial charge in [0.05, 0.1) is 18.2 Å². The van der Waals surface area contributed by atoms with Crippen molar-refractivity contribution in [3.8, 4) is 17.0 Å². The second kappa shape index (κ2) is 8.11. The van der Waals surface area contributed by atoms with Gasteiger partial charge in [-0.05, 0) is 23.8 Å². The molecule has 25 heavy (non-hydrogen) atoms. The standard InChI is InChI=1S/C16H15N3O4S.ClH/c1-23-12-6-7-13-14(8-12)15(18-19-16(13)20)11-4-2-10(3-5-11)9-17-24(21)22;/h2-8,24H,9H2,1H3,(H,19,20)(H,17,21,22);1H. The molecule has 1 heterocycles. The van der Waals surface area contributed by atoms with Crippen molar-refractivity contribution in [3.63, 3.8) is 0 Å². The van der Waals surface area contributed by atoms with E-state index in [4.69, 9.17) is 4.74 Å². The van der Waals surface area contributed by atoms with Gasteiger partial charge in [0.25, 0.3) is 5.56 Å². The molecule has 3 rings (SSSR count). The first-order valence-electron chi connectivity index (χ1n) is 7.12. The van der Waals surface area contributed by atoms with E-state index in [-0.39, 0.29) is 24.5 Å². The third-order valence-corrected chi connectivity index (χ3v) is 4.05. The first-order chi connectivity index (χ1) is 11.6. The Kier molecular flexibility index (Phi) is 6.13. The maximum Gasteiger partial charge on any atom is 0.272 e. The first kappa shape index (κ1) is 18.9. The molecular weight excluding hydrogens is 366 g/mol. The summed E-state index contributed by atoms with van der Waals surface area (Å²) in [6.45, 7) is 0.229. The van der Waals surface area contributed by atoms with Crippen LogP contribution in [0, 0.1) is 0 Å². The molecule has 0 aliphatic rings. The van der Waals surface area contributed by atoms with Crippen LogP contribution in [0.25, 0.3) is 22.0 Å². The average molecular weight is 382 g/mol. The summed E-state index contributed by atoms with van der Waals surface area (Å²) in [7, 11) is -1.06. The van der Waals surface area contributed by atoms with Crippen LogP contribution < -0.4 is 15.0 Å². The third kappa shape index (κ3) is 4.16. The quantitative estimate of drug-likeness (QED) is 0.583. The van der Waals surface area contributed by atoms with E-state index in [1.54, 1.807) is 37.4 Å². The number of benzene rings is 2. The molecule has 9 heteroatoms. The van der Waals surface area contributed by atoms with E-state index < -0.39 is 10.9 Å². The van der Waals surface area contributed by atoms with Gasteiger partial charge in [0.2, 0.25) is 10.9 Å². The number of nitrogens with zero attached hydrogens (tertiary/aromatic N) is 1. The number of rotatable bonds is 5. The third-order valence-electron chi connectivity index (χ3n) is 3.64. The zero-order valence-electron chi connectivity index (χ0n) is 13.2. The Bertz CT molecular complexity index is 1010. The summed E-state index contributed by atoms with van der Waals surface area (Å²) in [5, 5.41) is 7.85. The van der Waals surface area contributed by atoms with Crippen LogP contribution in [-0.2, 0) is 17.4 Å². The van der Waals surface area contributed by atoms with Crippen LogP contribution >= 0.6 is 12.4 Å². The monoisotopic (exact) mass is 381 g/mol. The molecule has 1 aromatic heterocycles. The Morgan fingerprint density at radius 2 is 1.84 bits per heavy atom. The maximum atomic E-state index is 11.9. The molecule has 0 radical (unpaired) electrons. The summed E-state index contributed by atoms with van der Waals surface area (Å²) in [6.07, 6.45) is 0. The van der Waals surface area contributed by atoms with Gasteiger partial charge in [-0.2, -0.15) is 5.10 Å². The van der Waals surface area contributed by atoms with E-state index in [1.165, 1.54) is 0 Å². The van der Waals surface area contributed by atoms with Gasteiger partial charge in [-0.25, -0.2) is 18.2 Å². The molecule has 0 unspecified atom stereocenters. The lowest BCUT2D eigenvalue weighted by Crippen LogP contribution is -2.10. The molecule has 0 atom stereocenters. The number of methoxy groups -OCH3 is 1. The molecule has 0 aliphatic carbocycles. The number of nitrogens with one attached hydrogen (secondary N) is 2. The number of aromatic nitrogens is 2. The molecule has 0 saturated heterocycles. The molecule has 0 amide bonds. The van der Waals surface area contributed by atoms with Gasteiger partial charge in [-0.15, -0.1) is 12.4 Å². The molecule has 0 aliphatic heterocycles. The lowest BCUT2D eigenvalue weighted by Gasteiger charge is -2.08. The van der Waals surface area contributed by atoms with Gasteiger partial charge < -0.3 is 4.74 Å². The van der Waals surface area contributed by atoms with Crippen molar-refractivity contribution < 1.29 is 13.2 Å². The van der Waals surface area contributed by atoms with E-state index in [1.807, 2.05) is 12.1 Å². The van der Waals surface area contributed by atoms with Crippen LogP contribution in [0.1, 0.15) is 5.56 Å². The van der Waals surface area contributed by atoms with Gasteiger partial charge in [-0.1, -0.05) is 24.3 Å². The zero-order chi connectivity index (χ0) is 17.1. The predicted octanol–water partition coefficient (Wildman–Crippen LogP) is 1.64. The van der Waals surface area contributed by atoms with Gasteiger partial charge >= 0.3 is 0 Å². The predicted molar refractivity (Wildman–Crippen MR) is 98.8 cm³/mol. The highest BCUT2D eigenvalue weighted by atomic mass is 35.5. The van der Waals surface area contributed by atoms with E-state index in [0.717, 1.165) is 11.1 Å². The normalized spacial score (nSPS) is 10.6. The number of fused-ring (bicyclic) bond motifs is 1. The highest BCUT2D eigenvalue weighted by molar-refractivity contribution is 7.70. The summed E-state index contributed by atoms with van der Waals surface area (Å²) >= 11 is 0. The average Bonchev–Trinajstić information content (AvgIpc) is 2.60. The highest BCUT2D eigenvalue weighted by Gasteiger charge is 2.10. The van der Waals surface area contributed by atoms with E-state index in [2.05, 4.69) is 14.9 Å². The lowest BCUT2D eigenvalue weighted by molar-refractivity contribution is 0.415. The number of hydrogen-bond donors (Lipinski definition) is 3. The Labute approximate surface area is 151 Å². The molecule has 3 aromatic rings. The second-order valence-corrected chi connectivity index (χ2v) is 5.93. The number of ether oxygens (including phenoxy) is 1. The lowest BCUT2D eigenvalue weighted by atomic mass is 10.0. The number of thiol groups is 1. The minimum absolute atomic E-state index is 0. The topological polar surface area (TPSA) is 101 Å². The van der Waals surface area contributed by atoms with Crippen molar-refractivity contribution in [1.82, 2.24) is 14.9 Å². The Hall–Kier alpha value is -2.42. The maximum absolute atomic E-state index is 11.9. The Balaban J connectivity index is 0.00000225. The molecular formula is C16H16ClN3O4S. The zero-order valence-corrected chi connectivity index (χ0v) is 14.9. The summed E-state index contributed by atoms with van der Waals surface area (Å²) < 4.78 is 28.7. The Morgan fingerprint density at radius 3 is 2.48 bits per heavy atom. The molecule has 132 valence electrons. The molecule has 2 aromatic carbocycles. The summed E-state index contributed by atoms with van der Waals surface area (Å²) in [5.41, 5.74) is 1.98.